The zero-order chi connectivity index (χ0) is 38.1. The van der Waals surface area contributed by atoms with Crippen molar-refractivity contribution in [2.45, 2.75) is 41.7 Å². The molecule has 0 atom stereocenters. The second-order valence-electron chi connectivity index (χ2n) is 9.32. The van der Waals surface area contributed by atoms with E-state index in [1.165, 1.54) is 0 Å². The fourth-order valence-electron chi connectivity index (χ4n) is 3.78. The van der Waals surface area contributed by atoms with Crippen molar-refractivity contribution in [2.75, 3.05) is 16.9 Å². The number of imide groups is 2. The molecule has 1 aromatic carbocycles. The third-order valence-electron chi connectivity index (χ3n) is 6.34. The first-order valence-corrected chi connectivity index (χ1v) is 11.9. The van der Waals surface area contributed by atoms with Crippen LogP contribution in [0, 0.1) is 0 Å². The summed E-state index contributed by atoms with van der Waals surface area (Å²) in [5.74, 6) is -63.4. The van der Waals surface area contributed by atoms with E-state index in [1.54, 1.807) is 0 Å². The number of rotatable bonds is 11. The monoisotopic (exact) mass is 744 g/mol. The van der Waals surface area contributed by atoms with Crippen LogP contribution in [0.3, 0.4) is 0 Å². The zero-order valence-electron chi connectivity index (χ0n) is 22.7. The Morgan fingerprint density at radius 3 is 1.20 bits per heavy atom. The van der Waals surface area contributed by atoms with Crippen molar-refractivity contribution in [1.82, 2.24) is 0 Å². The van der Waals surface area contributed by atoms with Crippen molar-refractivity contribution >= 4 is 35.0 Å². The molecule has 0 fully saturated rings. The minimum atomic E-state index is -8.79. The van der Waals surface area contributed by atoms with E-state index in [-0.39, 0.29) is 15.9 Å². The van der Waals surface area contributed by atoms with Crippen LogP contribution in [0.1, 0.15) is 0 Å². The molecule has 0 unspecified atom stereocenters. The molecule has 25 heteroatoms. The Kier molecular flexibility index (Phi) is 9.16. The Hall–Kier alpha value is -4.87. The molecule has 8 nitrogen and oxygen atoms in total. The van der Waals surface area contributed by atoms with E-state index in [2.05, 4.69) is 9.47 Å². The van der Waals surface area contributed by atoms with E-state index in [1.807, 2.05) is 0 Å². The first-order valence-electron chi connectivity index (χ1n) is 11.9. The van der Waals surface area contributed by atoms with Crippen LogP contribution in [-0.4, -0.2) is 72.4 Å². The number of anilines is 2. The van der Waals surface area contributed by atoms with E-state index in [0.29, 0.717) is 37.5 Å². The van der Waals surface area contributed by atoms with Crippen LogP contribution in [0.25, 0.3) is 0 Å². The van der Waals surface area contributed by atoms with E-state index in [0.717, 1.165) is 0 Å². The maximum Gasteiger partial charge on any atom is 0.460 e. The Balaban J connectivity index is 2.17. The number of alkyl halides is 15. The molecule has 1 aromatic rings. The zero-order valence-corrected chi connectivity index (χ0v) is 22.7. The summed E-state index contributed by atoms with van der Waals surface area (Å²) in [6.45, 7) is 0. The second kappa shape index (κ2) is 11.6. The molecule has 2 aliphatic heterocycles. The van der Waals surface area contributed by atoms with Gasteiger partial charge in [-0.15, -0.1) is 0 Å². The van der Waals surface area contributed by atoms with E-state index in [4.69, 9.17) is 0 Å². The number of methoxy groups -OCH3 is 1. The van der Waals surface area contributed by atoms with Gasteiger partial charge in [0.1, 0.15) is 0 Å². The molecule has 270 valence electrons. The molecule has 2 heterocycles. The van der Waals surface area contributed by atoms with Gasteiger partial charge in [-0.25, -0.2) is 9.80 Å². The van der Waals surface area contributed by atoms with Gasteiger partial charge in [0.05, 0.1) is 18.5 Å². The summed E-state index contributed by atoms with van der Waals surface area (Å²) in [5, 5.41) is 0. The smallest absolute Gasteiger partial charge is 0.460 e. The van der Waals surface area contributed by atoms with E-state index >= 15 is 0 Å². The summed E-state index contributed by atoms with van der Waals surface area (Å²) >= 11 is 0. The number of carbonyl (C=O) groups is 4. The van der Waals surface area contributed by atoms with Gasteiger partial charge in [-0.3, -0.25) is 19.2 Å². The molecule has 49 heavy (non-hydrogen) atoms. The summed E-state index contributed by atoms with van der Waals surface area (Å²) in [7, 11) is 0.575. The molecule has 0 aromatic heterocycles. The predicted molar refractivity (Wildman–Crippen MR) is 122 cm³/mol. The molecule has 0 bridgehead atoms. The fraction of sp³-hybridized carbons (Fsp3) is 0.333. The average molecular weight is 744 g/mol. The number of halogens is 17. The van der Waals surface area contributed by atoms with Gasteiger partial charge in [0.15, 0.2) is 11.5 Å². The quantitative estimate of drug-likeness (QED) is 0.148. The van der Waals surface area contributed by atoms with Crippen LogP contribution in [0.4, 0.5) is 86.0 Å². The van der Waals surface area contributed by atoms with Crippen LogP contribution in [0.2, 0.25) is 0 Å². The van der Waals surface area contributed by atoms with Crippen molar-refractivity contribution in [3.8, 4) is 11.5 Å². The largest absolute Gasteiger partial charge is 0.493 e. The molecule has 4 amide bonds. The lowest BCUT2D eigenvalue weighted by atomic mass is 9.91. The molecular formula is C24H9F17N2O6. The SMILES string of the molecule is COc1cc(N2C(=O)C=CC2=O)c(N2C(=O)C=CC2=O)cc1OC(F)=C(F)C(F)(F)C(F)(F)C(F)(F)C(F)(F)C(F)(F)C(F)(F)C(F)(F)F. The van der Waals surface area contributed by atoms with Gasteiger partial charge in [0, 0.05) is 36.4 Å². The Morgan fingerprint density at radius 1 is 0.531 bits per heavy atom. The summed E-state index contributed by atoms with van der Waals surface area (Å²) in [6, 6.07) is -3.41. The van der Waals surface area contributed by atoms with Gasteiger partial charge >= 0.3 is 47.7 Å². The van der Waals surface area contributed by atoms with Crippen LogP contribution in [0.5, 0.6) is 11.5 Å². The maximum absolute atomic E-state index is 14.6. The fourth-order valence-corrected chi connectivity index (χ4v) is 3.78. The molecule has 0 saturated carbocycles. The molecule has 0 spiro atoms. The highest BCUT2D eigenvalue weighted by Crippen LogP contribution is 2.63. The van der Waals surface area contributed by atoms with E-state index < -0.39 is 100 Å². The van der Waals surface area contributed by atoms with Crippen molar-refractivity contribution < 1.29 is 103 Å². The molecule has 0 saturated heterocycles. The molecular weight excluding hydrogens is 735 g/mol. The molecule has 0 N–H and O–H groups in total. The summed E-state index contributed by atoms with van der Waals surface area (Å²) in [5.41, 5.74) is -1.89. The van der Waals surface area contributed by atoms with E-state index in [9.17, 15) is 93.8 Å². The Bertz CT molecular complexity index is 1660. The lowest BCUT2D eigenvalue weighted by Gasteiger charge is -2.41. The first-order chi connectivity index (χ1) is 22.0. The van der Waals surface area contributed by atoms with Gasteiger partial charge in [-0.05, 0) is 0 Å². The maximum atomic E-state index is 14.6. The van der Waals surface area contributed by atoms with Gasteiger partial charge in [-0.1, -0.05) is 0 Å². The van der Waals surface area contributed by atoms with Gasteiger partial charge in [0.25, 0.3) is 23.6 Å². The minimum Gasteiger partial charge on any atom is -0.493 e. The predicted octanol–water partition coefficient (Wildman–Crippen LogP) is 6.42. The van der Waals surface area contributed by atoms with Crippen LogP contribution >= 0.6 is 0 Å². The second-order valence-corrected chi connectivity index (χ2v) is 9.32. The van der Waals surface area contributed by atoms with Crippen LogP contribution in [-0.2, 0) is 19.2 Å². The normalized spacial score (nSPS) is 17.4. The van der Waals surface area contributed by atoms with Gasteiger partial charge in [0.2, 0.25) is 5.83 Å². The Labute approximate surface area is 257 Å². The average Bonchev–Trinajstić information content (AvgIpc) is 3.49. The highest BCUT2D eigenvalue weighted by Gasteiger charge is 2.94. The molecule has 0 aliphatic carbocycles. The number of hydrogen-bond acceptors (Lipinski definition) is 6. The van der Waals surface area contributed by atoms with Gasteiger partial charge < -0.3 is 9.47 Å². The standard InChI is InChI=1S/C24H9F17N2O6/c1-48-10-6-8(42-12(44)2-3-13(42)45)9(43-14(46)4-5-15(43)47)7-11(10)49-17(26)16(25)18(27,28)19(29,30)20(31,32)21(33,34)22(35,36)23(37,38)24(39,40)41/h2-7H,1H3. The highest BCUT2D eigenvalue weighted by molar-refractivity contribution is 6.33. The Morgan fingerprint density at radius 2 is 0.857 bits per heavy atom. The number of carbonyl (C=O) groups excluding carboxylic acids is 4. The lowest BCUT2D eigenvalue weighted by Crippen LogP contribution is -2.72. The summed E-state index contributed by atoms with van der Waals surface area (Å²) in [4.78, 5) is 49.1. The van der Waals surface area contributed by atoms with Crippen LogP contribution in [0.15, 0.2) is 48.3 Å². The lowest BCUT2D eigenvalue weighted by molar-refractivity contribution is -0.451. The molecule has 2 aliphatic rings. The third-order valence-corrected chi connectivity index (χ3v) is 6.34. The first kappa shape index (κ1) is 38.6. The van der Waals surface area contributed by atoms with Crippen molar-refractivity contribution in [3.63, 3.8) is 0 Å². The van der Waals surface area contributed by atoms with Crippen molar-refractivity contribution in [2.24, 2.45) is 0 Å². The van der Waals surface area contributed by atoms with Crippen molar-refractivity contribution in [3.05, 3.63) is 48.3 Å². The van der Waals surface area contributed by atoms with Crippen molar-refractivity contribution in [1.29, 1.82) is 0 Å². The van der Waals surface area contributed by atoms with Crippen LogP contribution < -0.4 is 19.3 Å². The molecule has 3 rings (SSSR count). The minimum absolute atomic E-state index is 0.0424. The molecule has 0 radical (unpaired) electrons. The summed E-state index contributed by atoms with van der Waals surface area (Å²) < 4.78 is 239. The highest BCUT2D eigenvalue weighted by atomic mass is 19.4. The number of nitrogens with zero attached hydrogens (tertiary/aromatic N) is 2. The third kappa shape index (κ3) is 5.50. The number of ether oxygens (including phenoxy) is 2. The number of hydrogen-bond donors (Lipinski definition) is 0. The summed E-state index contributed by atoms with van der Waals surface area (Å²) in [6.07, 6.45) is -5.58. The van der Waals surface area contributed by atoms with Gasteiger partial charge in [-0.2, -0.15) is 74.6 Å². The topological polar surface area (TPSA) is 93.2 Å². The number of benzene rings is 1. The number of amides is 4. The number of allylic oxidation sites excluding steroid dienone is 1.